The molecule has 0 bridgehead atoms. The van der Waals surface area contributed by atoms with Crippen molar-refractivity contribution in [2.45, 2.75) is 39.0 Å². The molecule has 22 heavy (non-hydrogen) atoms. The number of ketones is 1. The standard InChI is InChI=1S/C13H19N3O3S.C2H6/c1-3-13(17)11(15-14-2)9-20-8-10-6-4-5-7-12(10)16(18)19;1-2/h4-7,11,14-15H,3,8-9H2,1-2H3;1-2H3. The number of rotatable bonds is 9. The highest BCUT2D eigenvalue weighted by Crippen LogP contribution is 2.23. The fourth-order valence-electron chi connectivity index (χ4n) is 1.73. The van der Waals surface area contributed by atoms with E-state index < -0.39 is 0 Å². The van der Waals surface area contributed by atoms with Crippen LogP contribution in [-0.4, -0.2) is 29.5 Å². The second-order valence-corrected chi connectivity index (χ2v) is 5.20. The SMILES string of the molecule is CC.CCC(=O)C(CSCc1ccccc1[N+](=O)[O-])NNC. The van der Waals surface area contributed by atoms with Crippen molar-refractivity contribution in [3.63, 3.8) is 0 Å². The lowest BCUT2D eigenvalue weighted by atomic mass is 10.2. The number of thioether (sulfide) groups is 1. The second kappa shape index (κ2) is 12.1. The fourth-order valence-corrected chi connectivity index (χ4v) is 2.82. The normalized spacial score (nSPS) is 11.3. The van der Waals surface area contributed by atoms with Crippen molar-refractivity contribution < 1.29 is 9.72 Å². The van der Waals surface area contributed by atoms with Gasteiger partial charge >= 0.3 is 0 Å². The Hall–Kier alpha value is -1.44. The third kappa shape index (κ3) is 7.02. The molecule has 7 heteroatoms. The molecule has 2 N–H and O–H groups in total. The summed E-state index contributed by atoms with van der Waals surface area (Å²) in [4.78, 5) is 22.2. The van der Waals surface area contributed by atoms with Gasteiger partial charge in [0.25, 0.3) is 5.69 Å². The molecule has 1 aromatic rings. The maximum absolute atomic E-state index is 11.7. The largest absolute Gasteiger partial charge is 0.298 e. The number of nitrogens with zero attached hydrogens (tertiary/aromatic N) is 1. The molecule has 0 heterocycles. The van der Waals surface area contributed by atoms with E-state index in [0.717, 1.165) is 0 Å². The molecule has 0 fully saturated rings. The zero-order valence-corrected chi connectivity index (χ0v) is 14.4. The van der Waals surface area contributed by atoms with Crippen molar-refractivity contribution in [3.05, 3.63) is 39.9 Å². The molecule has 1 atom stereocenters. The van der Waals surface area contributed by atoms with E-state index in [1.165, 1.54) is 17.8 Å². The molecule has 0 aliphatic rings. The lowest BCUT2D eigenvalue weighted by Crippen LogP contribution is -2.45. The van der Waals surface area contributed by atoms with E-state index in [0.29, 0.717) is 23.5 Å². The van der Waals surface area contributed by atoms with E-state index in [-0.39, 0.29) is 22.4 Å². The number of nitro benzene ring substituents is 1. The van der Waals surface area contributed by atoms with E-state index in [9.17, 15) is 14.9 Å². The van der Waals surface area contributed by atoms with Gasteiger partial charge in [-0.15, -0.1) is 0 Å². The third-order valence-electron chi connectivity index (χ3n) is 2.79. The van der Waals surface area contributed by atoms with Gasteiger partial charge in [-0.25, -0.2) is 5.43 Å². The smallest absolute Gasteiger partial charge is 0.273 e. The van der Waals surface area contributed by atoms with Gasteiger partial charge in [0.2, 0.25) is 0 Å². The molecule has 0 radical (unpaired) electrons. The van der Waals surface area contributed by atoms with Gasteiger partial charge in [-0.3, -0.25) is 20.3 Å². The number of hydrazine groups is 1. The summed E-state index contributed by atoms with van der Waals surface area (Å²) in [6, 6.07) is 6.39. The zero-order valence-electron chi connectivity index (χ0n) is 13.6. The summed E-state index contributed by atoms with van der Waals surface area (Å²) >= 11 is 1.50. The topological polar surface area (TPSA) is 84.3 Å². The van der Waals surface area contributed by atoms with Gasteiger partial charge in [0, 0.05) is 29.6 Å². The van der Waals surface area contributed by atoms with Crippen molar-refractivity contribution in [2.75, 3.05) is 12.8 Å². The molecular formula is C15H25N3O3S. The maximum atomic E-state index is 11.7. The summed E-state index contributed by atoms with van der Waals surface area (Å²) in [5.41, 5.74) is 6.47. The molecule has 1 rings (SSSR count). The zero-order chi connectivity index (χ0) is 17.0. The van der Waals surface area contributed by atoms with E-state index in [1.54, 1.807) is 25.2 Å². The molecule has 1 unspecified atom stereocenters. The maximum Gasteiger partial charge on any atom is 0.273 e. The molecule has 0 aliphatic heterocycles. The Morgan fingerprint density at radius 1 is 1.36 bits per heavy atom. The minimum atomic E-state index is -0.379. The number of carbonyl (C=O) groups excluding carboxylic acids is 1. The van der Waals surface area contributed by atoms with Gasteiger partial charge in [-0.1, -0.05) is 39.0 Å². The molecule has 0 aliphatic carbocycles. The van der Waals surface area contributed by atoms with Gasteiger partial charge in [-0.05, 0) is 7.05 Å². The Kier molecular flexibility index (Phi) is 11.3. The molecule has 0 saturated carbocycles. The first-order valence-corrected chi connectivity index (χ1v) is 8.50. The van der Waals surface area contributed by atoms with Gasteiger partial charge in [0.05, 0.1) is 11.0 Å². The number of nitro groups is 1. The Morgan fingerprint density at radius 2 is 2.00 bits per heavy atom. The van der Waals surface area contributed by atoms with Crippen LogP contribution in [0.3, 0.4) is 0 Å². The summed E-state index contributed by atoms with van der Waals surface area (Å²) < 4.78 is 0. The van der Waals surface area contributed by atoms with E-state index in [1.807, 2.05) is 20.8 Å². The van der Waals surface area contributed by atoms with Crippen LogP contribution < -0.4 is 10.9 Å². The summed E-state index contributed by atoms with van der Waals surface area (Å²) in [7, 11) is 1.71. The highest BCUT2D eigenvalue weighted by atomic mass is 32.2. The van der Waals surface area contributed by atoms with Crippen molar-refractivity contribution >= 4 is 23.2 Å². The average molecular weight is 327 g/mol. The van der Waals surface area contributed by atoms with E-state index in [4.69, 9.17) is 0 Å². The Morgan fingerprint density at radius 3 is 2.55 bits per heavy atom. The number of benzene rings is 1. The van der Waals surface area contributed by atoms with Crippen LogP contribution in [0.5, 0.6) is 0 Å². The first-order chi connectivity index (χ1) is 10.6. The quantitative estimate of drug-likeness (QED) is 0.536. The monoisotopic (exact) mass is 327 g/mol. The fraction of sp³-hybridized carbons (Fsp3) is 0.533. The van der Waals surface area contributed by atoms with Crippen LogP contribution in [0, 0.1) is 10.1 Å². The average Bonchev–Trinajstić information content (AvgIpc) is 2.55. The summed E-state index contributed by atoms with van der Waals surface area (Å²) in [6.45, 7) is 5.82. The van der Waals surface area contributed by atoms with Crippen molar-refractivity contribution in [2.24, 2.45) is 0 Å². The highest BCUT2D eigenvalue weighted by Gasteiger charge is 2.17. The number of nitrogens with one attached hydrogen (secondary N) is 2. The van der Waals surface area contributed by atoms with Crippen molar-refractivity contribution in [1.29, 1.82) is 0 Å². The number of carbonyl (C=O) groups is 1. The van der Waals surface area contributed by atoms with Crippen LogP contribution in [0.15, 0.2) is 24.3 Å². The highest BCUT2D eigenvalue weighted by molar-refractivity contribution is 7.98. The second-order valence-electron chi connectivity index (χ2n) is 4.17. The first-order valence-electron chi connectivity index (χ1n) is 7.35. The predicted molar refractivity (Wildman–Crippen MR) is 91.9 cm³/mol. The Labute approximate surface area is 136 Å². The molecular weight excluding hydrogens is 302 g/mol. The van der Waals surface area contributed by atoms with Crippen LogP contribution in [0.25, 0.3) is 0 Å². The molecule has 0 amide bonds. The molecule has 124 valence electrons. The lowest BCUT2D eigenvalue weighted by Gasteiger charge is -2.15. The Bertz CT molecular complexity index is 469. The van der Waals surface area contributed by atoms with Crippen LogP contribution in [-0.2, 0) is 10.5 Å². The Balaban J connectivity index is 0.00000211. The van der Waals surface area contributed by atoms with Crippen molar-refractivity contribution in [3.8, 4) is 0 Å². The lowest BCUT2D eigenvalue weighted by molar-refractivity contribution is -0.385. The van der Waals surface area contributed by atoms with E-state index >= 15 is 0 Å². The molecule has 0 aromatic heterocycles. The predicted octanol–water partition coefficient (Wildman–Crippen LogP) is 2.93. The minimum absolute atomic E-state index is 0.120. The van der Waals surface area contributed by atoms with Crippen LogP contribution in [0.4, 0.5) is 5.69 Å². The van der Waals surface area contributed by atoms with Crippen LogP contribution in [0.1, 0.15) is 32.8 Å². The third-order valence-corrected chi connectivity index (χ3v) is 3.87. The molecule has 0 spiro atoms. The van der Waals surface area contributed by atoms with Gasteiger partial charge < -0.3 is 0 Å². The molecule has 1 aromatic carbocycles. The summed E-state index contributed by atoms with van der Waals surface area (Å²) in [6.07, 6.45) is 0.464. The van der Waals surface area contributed by atoms with Gasteiger partial charge in [-0.2, -0.15) is 11.8 Å². The number of hydrogen-bond acceptors (Lipinski definition) is 6. The van der Waals surface area contributed by atoms with Crippen molar-refractivity contribution in [1.82, 2.24) is 10.9 Å². The summed E-state index contributed by atoms with van der Waals surface area (Å²) in [5, 5.41) is 10.9. The van der Waals surface area contributed by atoms with Crippen LogP contribution in [0.2, 0.25) is 0 Å². The van der Waals surface area contributed by atoms with Gasteiger partial charge in [0.1, 0.15) is 0 Å². The summed E-state index contributed by atoms with van der Waals surface area (Å²) in [5.74, 6) is 1.20. The van der Waals surface area contributed by atoms with E-state index in [2.05, 4.69) is 10.9 Å². The minimum Gasteiger partial charge on any atom is -0.298 e. The number of hydrogen-bond donors (Lipinski definition) is 2. The molecule has 0 saturated heterocycles. The number of para-hydroxylation sites is 1. The van der Waals surface area contributed by atoms with Crippen LogP contribution >= 0.6 is 11.8 Å². The van der Waals surface area contributed by atoms with Gasteiger partial charge in [0.15, 0.2) is 5.78 Å². The molecule has 6 nitrogen and oxygen atoms in total. The number of Topliss-reactive ketones (excluding diaryl/α,β-unsaturated/α-hetero) is 1. The first kappa shape index (κ1) is 20.6.